The van der Waals surface area contributed by atoms with Crippen LogP contribution >= 0.6 is 11.6 Å². The second-order valence-corrected chi connectivity index (χ2v) is 12.5. The van der Waals surface area contributed by atoms with Crippen molar-refractivity contribution in [3.8, 4) is 0 Å². The molecule has 1 amide bonds. The van der Waals surface area contributed by atoms with Crippen LogP contribution in [0.2, 0.25) is 5.02 Å². The number of halogens is 3. The molecule has 0 radical (unpaired) electrons. The van der Waals surface area contributed by atoms with Crippen molar-refractivity contribution in [3.63, 3.8) is 0 Å². The van der Waals surface area contributed by atoms with E-state index in [0.717, 1.165) is 12.1 Å². The van der Waals surface area contributed by atoms with Crippen LogP contribution in [0.3, 0.4) is 0 Å². The fraction of sp³-hybridized carbons (Fsp3) is 0.333. The topological polar surface area (TPSA) is 117 Å². The summed E-state index contributed by atoms with van der Waals surface area (Å²) in [6.07, 6.45) is 3.21. The number of fused-ring (bicyclic) bond motifs is 2. The third-order valence-electron chi connectivity index (χ3n) is 7.82. The molecule has 0 spiro atoms. The molecule has 7 nitrogen and oxygen atoms in total. The lowest BCUT2D eigenvalue weighted by Crippen LogP contribution is -2.52. The lowest BCUT2D eigenvalue weighted by Gasteiger charge is -2.45. The average Bonchev–Trinajstić information content (AvgIpc) is 3.06. The highest BCUT2D eigenvalue weighted by atomic mass is 35.5. The van der Waals surface area contributed by atoms with Crippen molar-refractivity contribution in [3.05, 3.63) is 88.7 Å². The van der Waals surface area contributed by atoms with Gasteiger partial charge in [0.2, 0.25) is 0 Å². The molecule has 2 aliphatic carbocycles. The van der Waals surface area contributed by atoms with Crippen LogP contribution in [0.15, 0.2) is 65.8 Å². The smallest absolute Gasteiger partial charge is 0.255 e. The lowest BCUT2D eigenvalue weighted by molar-refractivity contribution is -0.144. The first-order chi connectivity index (χ1) is 18.0. The number of rotatable bonds is 6. The van der Waals surface area contributed by atoms with E-state index in [2.05, 4.69) is 10.3 Å². The zero-order chi connectivity index (χ0) is 27.2. The Morgan fingerprint density at radius 2 is 1.79 bits per heavy atom. The van der Waals surface area contributed by atoms with Gasteiger partial charge in [0, 0.05) is 35.3 Å². The maximum atomic E-state index is 13.7. The Bertz CT molecular complexity index is 1470. The zero-order valence-electron chi connectivity index (χ0n) is 20.0. The van der Waals surface area contributed by atoms with Crippen LogP contribution in [-0.2, 0) is 9.84 Å². The minimum atomic E-state index is -4.03. The van der Waals surface area contributed by atoms with Crippen molar-refractivity contribution in [2.24, 2.45) is 11.8 Å². The predicted octanol–water partition coefficient (Wildman–Crippen LogP) is 4.69. The Hall–Kier alpha value is -2.92. The summed E-state index contributed by atoms with van der Waals surface area (Å²) in [7, 11) is -4.03. The number of nitrogens with one attached hydrogen (secondary N) is 1. The molecule has 5 rings (SSSR count). The largest absolute Gasteiger partial charge is 0.386 e. The van der Waals surface area contributed by atoms with E-state index >= 15 is 0 Å². The summed E-state index contributed by atoms with van der Waals surface area (Å²) >= 11 is 6.28. The van der Waals surface area contributed by atoms with Gasteiger partial charge in [-0.1, -0.05) is 17.7 Å². The van der Waals surface area contributed by atoms with Crippen LogP contribution < -0.4 is 5.32 Å². The molecule has 2 aromatic carbocycles. The van der Waals surface area contributed by atoms with Crippen LogP contribution in [0.25, 0.3) is 0 Å². The van der Waals surface area contributed by atoms with E-state index in [1.54, 1.807) is 18.3 Å². The van der Waals surface area contributed by atoms with Gasteiger partial charge in [-0.15, -0.1) is 0 Å². The molecule has 3 N–H and O–H groups in total. The number of carbonyl (C=O) groups is 1. The first-order valence-corrected chi connectivity index (χ1v) is 14.0. The van der Waals surface area contributed by atoms with Crippen LogP contribution in [0.5, 0.6) is 0 Å². The lowest BCUT2D eigenvalue weighted by atomic mass is 9.70. The molecule has 5 atom stereocenters. The van der Waals surface area contributed by atoms with Crippen molar-refractivity contribution in [2.45, 2.75) is 47.5 Å². The van der Waals surface area contributed by atoms with Gasteiger partial charge in [-0.2, -0.15) is 0 Å². The van der Waals surface area contributed by atoms with Gasteiger partial charge in [-0.25, -0.2) is 17.2 Å². The first kappa shape index (κ1) is 26.7. The molecule has 0 saturated heterocycles. The van der Waals surface area contributed by atoms with Gasteiger partial charge in [-0.3, -0.25) is 9.78 Å². The Labute approximate surface area is 223 Å². The summed E-state index contributed by atoms with van der Waals surface area (Å²) in [5.74, 6) is -3.85. The normalized spacial score (nSPS) is 25.7. The number of aromatic nitrogens is 1. The highest BCUT2D eigenvalue weighted by molar-refractivity contribution is 7.92. The number of anilines is 1. The third kappa shape index (κ3) is 4.59. The fourth-order valence-electron chi connectivity index (χ4n) is 5.87. The van der Waals surface area contributed by atoms with E-state index in [0.29, 0.717) is 18.4 Å². The number of amides is 1. The van der Waals surface area contributed by atoms with Gasteiger partial charge in [0.1, 0.15) is 11.7 Å². The van der Waals surface area contributed by atoms with Crippen molar-refractivity contribution >= 4 is 33.0 Å². The van der Waals surface area contributed by atoms with Gasteiger partial charge >= 0.3 is 0 Å². The number of sulfone groups is 1. The number of carbonyl (C=O) groups excluding carboxylic acids is 1. The Morgan fingerprint density at radius 3 is 2.42 bits per heavy atom. The van der Waals surface area contributed by atoms with Crippen molar-refractivity contribution in [1.82, 2.24) is 4.98 Å². The van der Waals surface area contributed by atoms with Gasteiger partial charge in [0.05, 0.1) is 15.2 Å². The van der Waals surface area contributed by atoms with E-state index in [1.807, 2.05) is 0 Å². The molecule has 200 valence electrons. The molecule has 2 aliphatic rings. The SMILES string of the molecule is O=C(Nc1ccc(F)c(F)c1)c1ccc(Cl)c(S(=O)(=O)[C@@H]2CC3CC[C@@H](C2)[C@@]3(O)[C@H](O)c2cccnc2)c1. The number of aliphatic hydroxyl groups excluding tert-OH is 1. The van der Waals surface area contributed by atoms with E-state index in [1.165, 1.54) is 30.5 Å². The number of hydrogen-bond donors (Lipinski definition) is 3. The van der Waals surface area contributed by atoms with Gasteiger partial charge in [0.25, 0.3) is 5.91 Å². The Kier molecular flexibility index (Phi) is 7.02. The molecule has 38 heavy (non-hydrogen) atoms. The highest BCUT2D eigenvalue weighted by Crippen LogP contribution is 2.56. The average molecular weight is 563 g/mol. The summed E-state index contributed by atoms with van der Waals surface area (Å²) in [4.78, 5) is 16.5. The van der Waals surface area contributed by atoms with Crippen LogP contribution in [0.4, 0.5) is 14.5 Å². The molecule has 1 heterocycles. The van der Waals surface area contributed by atoms with Crippen molar-refractivity contribution < 1.29 is 32.2 Å². The summed E-state index contributed by atoms with van der Waals surface area (Å²) in [5, 5.41) is 24.1. The summed E-state index contributed by atoms with van der Waals surface area (Å²) < 4.78 is 54.2. The molecule has 1 unspecified atom stereocenters. The summed E-state index contributed by atoms with van der Waals surface area (Å²) in [6, 6.07) is 10.0. The van der Waals surface area contributed by atoms with E-state index in [9.17, 15) is 32.2 Å². The van der Waals surface area contributed by atoms with Crippen molar-refractivity contribution in [1.29, 1.82) is 0 Å². The number of hydrogen-bond acceptors (Lipinski definition) is 6. The minimum Gasteiger partial charge on any atom is -0.386 e. The molecule has 11 heteroatoms. The van der Waals surface area contributed by atoms with Crippen LogP contribution in [0, 0.1) is 23.5 Å². The molecular formula is C27H25ClF2N2O5S. The quantitative estimate of drug-likeness (QED) is 0.401. The van der Waals surface area contributed by atoms with Crippen molar-refractivity contribution in [2.75, 3.05) is 5.32 Å². The fourth-order valence-corrected chi connectivity index (χ4v) is 8.27. The Balaban J connectivity index is 1.39. The minimum absolute atomic E-state index is 0.00331. The number of benzene rings is 2. The first-order valence-electron chi connectivity index (χ1n) is 12.1. The third-order valence-corrected chi connectivity index (χ3v) is 10.5. The number of pyridine rings is 1. The maximum absolute atomic E-state index is 13.7. The second kappa shape index (κ2) is 10.00. The monoisotopic (exact) mass is 562 g/mol. The number of aliphatic hydroxyl groups is 2. The zero-order valence-corrected chi connectivity index (χ0v) is 21.6. The van der Waals surface area contributed by atoms with Crippen LogP contribution in [0.1, 0.15) is 47.7 Å². The molecular weight excluding hydrogens is 538 g/mol. The molecule has 3 aromatic rings. The molecule has 1 aromatic heterocycles. The summed E-state index contributed by atoms with van der Waals surface area (Å²) in [5.41, 5.74) is -1.04. The molecule has 2 bridgehead atoms. The second-order valence-electron chi connectivity index (χ2n) is 9.91. The molecule has 2 fully saturated rings. The van der Waals surface area contributed by atoms with Crippen LogP contribution in [-0.4, -0.2) is 40.4 Å². The number of nitrogens with zero attached hydrogens (tertiary/aromatic N) is 1. The van der Waals surface area contributed by atoms with Gasteiger partial charge in [-0.05, 0) is 73.9 Å². The highest BCUT2D eigenvalue weighted by Gasteiger charge is 2.59. The van der Waals surface area contributed by atoms with E-state index < -0.39 is 56.2 Å². The van der Waals surface area contributed by atoms with E-state index in [4.69, 9.17) is 11.6 Å². The summed E-state index contributed by atoms with van der Waals surface area (Å²) in [6.45, 7) is 0. The molecule has 2 saturated carbocycles. The van der Waals surface area contributed by atoms with E-state index in [-0.39, 0.29) is 34.0 Å². The Morgan fingerprint density at radius 1 is 1.08 bits per heavy atom. The molecule has 0 aliphatic heterocycles. The predicted molar refractivity (Wildman–Crippen MR) is 136 cm³/mol. The van der Waals surface area contributed by atoms with Gasteiger partial charge in [0.15, 0.2) is 21.5 Å². The maximum Gasteiger partial charge on any atom is 0.255 e. The van der Waals surface area contributed by atoms with Gasteiger partial charge < -0.3 is 15.5 Å². The standard InChI is InChI=1S/C27H25ClF2N2O5S/c28-21-7-3-15(26(34)32-19-6-8-22(29)23(30)13-19)10-24(21)38(36,37)20-11-17-4-5-18(12-20)27(17,35)25(33)16-2-1-9-31-14-16/h1-3,6-10,13-14,17-18,20,25,33,35H,4-5,11-12H2,(H,32,34)/t17-,18?,20-,25+,27-/m0/s1.